The molecule has 30 heavy (non-hydrogen) atoms. The van der Waals surface area contributed by atoms with Crippen molar-refractivity contribution in [3.63, 3.8) is 0 Å². The van der Waals surface area contributed by atoms with Gasteiger partial charge in [-0.3, -0.25) is 19.1 Å². The number of aryl methyl sites for hydroxylation is 1. The van der Waals surface area contributed by atoms with E-state index < -0.39 is 5.91 Å². The van der Waals surface area contributed by atoms with Gasteiger partial charge < -0.3 is 15.1 Å². The number of hydrogen-bond donors (Lipinski definition) is 1. The first kappa shape index (κ1) is 21.5. The molecule has 0 saturated heterocycles. The maximum Gasteiger partial charge on any atom is 0.274 e. The minimum absolute atomic E-state index is 0.0777. The van der Waals surface area contributed by atoms with Crippen LogP contribution in [0.4, 0.5) is 4.39 Å². The molecule has 1 aromatic heterocycles. The molecule has 0 unspecified atom stereocenters. The quantitative estimate of drug-likeness (QED) is 0.745. The number of hydrogen-bond acceptors (Lipinski definition) is 4. The van der Waals surface area contributed by atoms with Crippen LogP contribution in [-0.4, -0.2) is 64.0 Å². The van der Waals surface area contributed by atoms with E-state index in [1.165, 1.54) is 30.1 Å². The van der Waals surface area contributed by atoms with Crippen molar-refractivity contribution in [1.29, 1.82) is 0 Å². The first-order chi connectivity index (χ1) is 14.4. The molecule has 0 bridgehead atoms. The van der Waals surface area contributed by atoms with Crippen molar-refractivity contribution in [2.45, 2.75) is 32.9 Å². The van der Waals surface area contributed by atoms with Gasteiger partial charge in [0.2, 0.25) is 5.91 Å². The predicted molar refractivity (Wildman–Crippen MR) is 108 cm³/mol. The number of amides is 3. The van der Waals surface area contributed by atoms with Gasteiger partial charge in [-0.15, -0.1) is 0 Å². The molecule has 1 aliphatic heterocycles. The number of aromatic nitrogens is 2. The standard InChI is InChI=1S/C21H26FN5O3/c1-3-9-23-19(28)14-25(2)20(29)17-12-18-21(30)26(10-4-11-27(18)24-17)13-15-5-7-16(22)8-6-15/h5-8,12H,3-4,9-11,13-14H2,1-2H3,(H,23,28). The third-order valence-electron chi connectivity index (χ3n) is 4.89. The Morgan fingerprint density at radius 2 is 1.97 bits per heavy atom. The molecule has 3 amide bonds. The normalized spacial score (nSPS) is 13.6. The van der Waals surface area contributed by atoms with Gasteiger partial charge >= 0.3 is 0 Å². The van der Waals surface area contributed by atoms with E-state index in [1.54, 1.807) is 21.7 Å². The van der Waals surface area contributed by atoms with E-state index in [0.717, 1.165) is 12.0 Å². The lowest BCUT2D eigenvalue weighted by Gasteiger charge is -2.20. The summed E-state index contributed by atoms with van der Waals surface area (Å²) in [5.41, 5.74) is 1.29. The lowest BCUT2D eigenvalue weighted by molar-refractivity contribution is -0.121. The SMILES string of the molecule is CCCNC(=O)CN(C)C(=O)c1cc2n(n1)CCCN(Cc1ccc(F)cc1)C2=O. The van der Waals surface area contributed by atoms with Crippen LogP contribution in [0.5, 0.6) is 0 Å². The number of rotatable bonds is 7. The number of fused-ring (bicyclic) bond motifs is 1. The van der Waals surface area contributed by atoms with Crippen LogP contribution in [0, 0.1) is 5.82 Å². The first-order valence-electron chi connectivity index (χ1n) is 10.0. The molecule has 0 fully saturated rings. The molecule has 160 valence electrons. The van der Waals surface area contributed by atoms with Crippen molar-refractivity contribution < 1.29 is 18.8 Å². The van der Waals surface area contributed by atoms with Crippen LogP contribution in [0.25, 0.3) is 0 Å². The second-order valence-corrected chi connectivity index (χ2v) is 7.36. The van der Waals surface area contributed by atoms with Gasteiger partial charge in [-0.1, -0.05) is 19.1 Å². The van der Waals surface area contributed by atoms with Gasteiger partial charge in [0, 0.05) is 39.3 Å². The van der Waals surface area contributed by atoms with E-state index in [9.17, 15) is 18.8 Å². The molecule has 1 aliphatic rings. The van der Waals surface area contributed by atoms with E-state index in [0.29, 0.717) is 38.3 Å². The summed E-state index contributed by atoms with van der Waals surface area (Å²) in [5, 5.41) is 7.02. The van der Waals surface area contributed by atoms with Crippen molar-refractivity contribution in [3.05, 3.63) is 53.1 Å². The minimum Gasteiger partial charge on any atom is -0.355 e. The monoisotopic (exact) mass is 415 g/mol. The lowest BCUT2D eigenvalue weighted by Crippen LogP contribution is -2.38. The summed E-state index contributed by atoms with van der Waals surface area (Å²) in [6.07, 6.45) is 1.50. The molecule has 2 aromatic rings. The maximum absolute atomic E-state index is 13.1. The molecular formula is C21H26FN5O3. The third-order valence-corrected chi connectivity index (χ3v) is 4.89. The zero-order chi connectivity index (χ0) is 21.7. The van der Waals surface area contributed by atoms with Crippen LogP contribution in [0.1, 0.15) is 46.3 Å². The van der Waals surface area contributed by atoms with Gasteiger partial charge in [0.25, 0.3) is 11.8 Å². The molecule has 3 rings (SSSR count). The van der Waals surface area contributed by atoms with Crippen LogP contribution in [0.2, 0.25) is 0 Å². The highest BCUT2D eigenvalue weighted by Crippen LogP contribution is 2.17. The molecule has 1 N–H and O–H groups in total. The van der Waals surface area contributed by atoms with E-state index in [1.807, 2.05) is 6.92 Å². The summed E-state index contributed by atoms with van der Waals surface area (Å²) < 4.78 is 14.7. The highest BCUT2D eigenvalue weighted by Gasteiger charge is 2.27. The number of nitrogens with one attached hydrogen (secondary N) is 1. The van der Waals surface area contributed by atoms with Gasteiger partial charge in [-0.2, -0.15) is 5.10 Å². The Bertz CT molecular complexity index is 925. The van der Waals surface area contributed by atoms with Crippen LogP contribution in [0.3, 0.4) is 0 Å². The number of nitrogens with zero attached hydrogens (tertiary/aromatic N) is 4. The molecule has 8 nitrogen and oxygen atoms in total. The molecule has 0 atom stereocenters. The predicted octanol–water partition coefficient (Wildman–Crippen LogP) is 1.67. The Morgan fingerprint density at radius 3 is 2.67 bits per heavy atom. The Hall–Kier alpha value is -3.23. The van der Waals surface area contributed by atoms with E-state index in [2.05, 4.69) is 10.4 Å². The topological polar surface area (TPSA) is 87.5 Å². The van der Waals surface area contributed by atoms with Gasteiger partial charge in [0.05, 0.1) is 6.54 Å². The van der Waals surface area contributed by atoms with E-state index in [-0.39, 0.29) is 29.9 Å². The Balaban J connectivity index is 1.71. The summed E-state index contributed by atoms with van der Waals surface area (Å²) in [6, 6.07) is 7.51. The average molecular weight is 415 g/mol. The van der Waals surface area contributed by atoms with Crippen molar-refractivity contribution >= 4 is 17.7 Å². The van der Waals surface area contributed by atoms with Gasteiger partial charge in [-0.25, -0.2) is 4.39 Å². The first-order valence-corrected chi connectivity index (χ1v) is 10.0. The third kappa shape index (κ3) is 5.03. The number of likely N-dealkylation sites (N-methyl/N-ethyl adjacent to an activating group) is 1. The molecule has 0 aliphatic carbocycles. The molecule has 0 spiro atoms. The Kier molecular flexibility index (Phi) is 6.81. The van der Waals surface area contributed by atoms with E-state index >= 15 is 0 Å². The van der Waals surface area contributed by atoms with Crippen molar-refractivity contribution in [1.82, 2.24) is 24.9 Å². The average Bonchev–Trinajstić information content (AvgIpc) is 3.10. The number of benzene rings is 1. The molecule has 9 heteroatoms. The molecular weight excluding hydrogens is 389 g/mol. The molecule has 0 saturated carbocycles. The molecule has 0 radical (unpaired) electrons. The van der Waals surface area contributed by atoms with Gasteiger partial charge in [0.1, 0.15) is 11.5 Å². The highest BCUT2D eigenvalue weighted by atomic mass is 19.1. The number of carbonyl (C=O) groups excluding carboxylic acids is 3. The van der Waals surface area contributed by atoms with Crippen molar-refractivity contribution in [2.75, 3.05) is 26.7 Å². The fourth-order valence-corrected chi connectivity index (χ4v) is 3.30. The maximum atomic E-state index is 13.1. The summed E-state index contributed by atoms with van der Waals surface area (Å²) in [4.78, 5) is 40.5. The summed E-state index contributed by atoms with van der Waals surface area (Å²) in [6.45, 7) is 3.83. The van der Waals surface area contributed by atoms with Crippen LogP contribution in [0.15, 0.2) is 30.3 Å². The molecule has 2 heterocycles. The smallest absolute Gasteiger partial charge is 0.274 e. The van der Waals surface area contributed by atoms with Crippen molar-refractivity contribution in [3.8, 4) is 0 Å². The summed E-state index contributed by atoms with van der Waals surface area (Å²) in [7, 11) is 1.53. The second kappa shape index (κ2) is 9.51. The Labute approximate surface area is 174 Å². The van der Waals surface area contributed by atoms with Crippen LogP contribution >= 0.6 is 0 Å². The van der Waals surface area contributed by atoms with Crippen LogP contribution in [-0.2, 0) is 17.9 Å². The Morgan fingerprint density at radius 1 is 1.23 bits per heavy atom. The van der Waals surface area contributed by atoms with Crippen LogP contribution < -0.4 is 5.32 Å². The van der Waals surface area contributed by atoms with E-state index in [4.69, 9.17) is 0 Å². The lowest BCUT2D eigenvalue weighted by atomic mass is 10.2. The second-order valence-electron chi connectivity index (χ2n) is 7.36. The zero-order valence-electron chi connectivity index (χ0n) is 17.2. The largest absolute Gasteiger partial charge is 0.355 e. The molecule has 1 aromatic carbocycles. The van der Waals surface area contributed by atoms with Crippen molar-refractivity contribution in [2.24, 2.45) is 0 Å². The zero-order valence-corrected chi connectivity index (χ0v) is 17.2. The fourth-order valence-electron chi connectivity index (χ4n) is 3.30. The fraction of sp³-hybridized carbons (Fsp3) is 0.429. The number of carbonyl (C=O) groups is 3. The summed E-state index contributed by atoms with van der Waals surface area (Å²) in [5.74, 6) is -1.21. The summed E-state index contributed by atoms with van der Waals surface area (Å²) >= 11 is 0. The van der Waals surface area contributed by atoms with Gasteiger partial charge in [0.15, 0.2) is 5.69 Å². The number of halogens is 1. The minimum atomic E-state index is -0.417. The highest BCUT2D eigenvalue weighted by molar-refractivity contribution is 5.99. The van der Waals surface area contributed by atoms with Gasteiger partial charge in [-0.05, 0) is 30.5 Å².